The molecule has 0 aromatic heterocycles. The minimum Gasteiger partial charge on any atom is -0.489 e. The average molecular weight is 358 g/mol. The zero-order valence-electron chi connectivity index (χ0n) is 14.5. The molecule has 4 N–H and O–H groups in total. The second-order valence-electron chi connectivity index (χ2n) is 6.79. The number of rotatable bonds is 7. The van der Waals surface area contributed by atoms with Gasteiger partial charge in [-0.25, -0.2) is 4.39 Å². The molecule has 26 heavy (non-hydrogen) atoms. The number of halogens is 1. The lowest BCUT2D eigenvalue weighted by Crippen LogP contribution is -2.55. The number of ether oxygens (including phenoxy) is 1. The molecule has 0 unspecified atom stereocenters. The van der Waals surface area contributed by atoms with Gasteiger partial charge in [-0.2, -0.15) is 0 Å². The summed E-state index contributed by atoms with van der Waals surface area (Å²) in [4.78, 5) is 12.3. The Labute approximate surface area is 152 Å². The summed E-state index contributed by atoms with van der Waals surface area (Å²) in [5.41, 5.74) is 6.76. The van der Waals surface area contributed by atoms with Crippen molar-refractivity contribution in [3.8, 4) is 5.75 Å². The molecule has 1 amide bonds. The molecule has 2 aromatic rings. The van der Waals surface area contributed by atoms with Crippen LogP contribution in [0, 0.1) is 11.2 Å². The van der Waals surface area contributed by atoms with Gasteiger partial charge >= 0.3 is 0 Å². The zero-order chi connectivity index (χ0) is 18.6. The van der Waals surface area contributed by atoms with Crippen LogP contribution < -0.4 is 15.8 Å². The number of amides is 1. The van der Waals surface area contributed by atoms with Crippen LogP contribution in [0.25, 0.3) is 0 Å². The van der Waals surface area contributed by atoms with E-state index in [4.69, 9.17) is 10.5 Å². The van der Waals surface area contributed by atoms with Crippen molar-refractivity contribution >= 4 is 5.91 Å². The smallest absolute Gasteiger partial charge is 0.227 e. The molecule has 2 aromatic carbocycles. The monoisotopic (exact) mass is 358 g/mol. The third kappa shape index (κ3) is 4.20. The van der Waals surface area contributed by atoms with Crippen molar-refractivity contribution < 1.29 is 19.0 Å². The molecule has 6 heteroatoms. The highest BCUT2D eigenvalue weighted by molar-refractivity contribution is 5.84. The highest BCUT2D eigenvalue weighted by Gasteiger charge is 2.48. The Balaban J connectivity index is 1.49. The van der Waals surface area contributed by atoms with Crippen molar-refractivity contribution in [2.75, 3.05) is 6.54 Å². The van der Waals surface area contributed by atoms with Gasteiger partial charge in [0.2, 0.25) is 5.91 Å². The van der Waals surface area contributed by atoms with E-state index in [1.807, 2.05) is 24.3 Å². The Morgan fingerprint density at radius 2 is 1.96 bits per heavy atom. The number of nitrogens with two attached hydrogens (primary N) is 1. The number of hydrogen-bond donors (Lipinski definition) is 3. The van der Waals surface area contributed by atoms with Crippen LogP contribution in [-0.2, 0) is 17.9 Å². The van der Waals surface area contributed by atoms with E-state index in [0.29, 0.717) is 25.1 Å². The van der Waals surface area contributed by atoms with Gasteiger partial charge in [-0.1, -0.05) is 24.3 Å². The molecule has 1 aliphatic rings. The lowest BCUT2D eigenvalue weighted by molar-refractivity contribution is -0.143. The quantitative estimate of drug-likeness (QED) is 0.708. The van der Waals surface area contributed by atoms with Gasteiger partial charge in [-0.3, -0.25) is 4.79 Å². The molecule has 0 heterocycles. The van der Waals surface area contributed by atoms with E-state index in [2.05, 4.69) is 5.32 Å². The Morgan fingerprint density at radius 1 is 1.23 bits per heavy atom. The molecule has 0 bridgehead atoms. The van der Waals surface area contributed by atoms with Crippen molar-refractivity contribution in [2.24, 2.45) is 11.1 Å². The second kappa shape index (κ2) is 7.85. The molecular formula is C20H23FN2O3. The van der Waals surface area contributed by atoms with Crippen molar-refractivity contribution in [1.82, 2.24) is 5.32 Å². The first-order valence-electron chi connectivity index (χ1n) is 8.63. The summed E-state index contributed by atoms with van der Waals surface area (Å²) in [5, 5.41) is 12.3. The molecule has 1 saturated carbocycles. The molecule has 1 fully saturated rings. The number of hydrogen-bond acceptors (Lipinski definition) is 4. The summed E-state index contributed by atoms with van der Waals surface area (Å²) < 4.78 is 18.8. The summed E-state index contributed by atoms with van der Waals surface area (Å²) >= 11 is 0. The van der Waals surface area contributed by atoms with Gasteiger partial charge in [-0.05, 0) is 48.2 Å². The van der Waals surface area contributed by atoms with E-state index in [1.54, 1.807) is 12.1 Å². The summed E-state index contributed by atoms with van der Waals surface area (Å²) in [5.74, 6) is 0.271. The Kier molecular flexibility index (Phi) is 5.54. The molecule has 0 atom stereocenters. The van der Waals surface area contributed by atoms with Crippen molar-refractivity contribution in [3.05, 3.63) is 65.5 Å². The minimum absolute atomic E-state index is 0.114. The maximum atomic E-state index is 13.1. The molecule has 138 valence electrons. The van der Waals surface area contributed by atoms with Gasteiger partial charge in [0.25, 0.3) is 0 Å². The van der Waals surface area contributed by atoms with Gasteiger partial charge in [-0.15, -0.1) is 0 Å². The number of aliphatic hydroxyl groups is 1. The van der Waals surface area contributed by atoms with Gasteiger partial charge in [0.05, 0.1) is 11.5 Å². The summed E-state index contributed by atoms with van der Waals surface area (Å²) in [6.45, 7) is 0.915. The topological polar surface area (TPSA) is 84.6 Å². The fraction of sp³-hybridized carbons (Fsp3) is 0.350. The normalized spacial score (nSPS) is 21.7. The predicted octanol–water partition coefficient (Wildman–Crippen LogP) is 2.12. The van der Waals surface area contributed by atoms with E-state index in [1.165, 1.54) is 12.1 Å². The van der Waals surface area contributed by atoms with E-state index in [-0.39, 0.29) is 24.9 Å². The second-order valence-corrected chi connectivity index (χ2v) is 6.79. The Bertz CT molecular complexity index is 758. The third-order valence-corrected chi connectivity index (χ3v) is 4.80. The summed E-state index contributed by atoms with van der Waals surface area (Å²) in [7, 11) is 0. The molecule has 0 radical (unpaired) electrons. The van der Waals surface area contributed by atoms with Crippen LogP contribution in [0.1, 0.15) is 24.0 Å². The van der Waals surface area contributed by atoms with Crippen molar-refractivity contribution in [2.45, 2.75) is 32.1 Å². The van der Waals surface area contributed by atoms with Gasteiger partial charge in [0, 0.05) is 13.1 Å². The van der Waals surface area contributed by atoms with Crippen LogP contribution >= 0.6 is 0 Å². The van der Waals surface area contributed by atoms with Crippen LogP contribution in [0.3, 0.4) is 0 Å². The fourth-order valence-corrected chi connectivity index (χ4v) is 3.15. The molecule has 1 aliphatic carbocycles. The van der Waals surface area contributed by atoms with E-state index < -0.39 is 11.5 Å². The van der Waals surface area contributed by atoms with Crippen molar-refractivity contribution in [3.63, 3.8) is 0 Å². The first-order chi connectivity index (χ1) is 12.5. The Hall–Kier alpha value is -2.44. The summed E-state index contributed by atoms with van der Waals surface area (Å²) in [6.07, 6.45) is 0.406. The number of carbonyl (C=O) groups is 1. The molecule has 0 saturated heterocycles. The highest BCUT2D eigenvalue weighted by atomic mass is 19.1. The highest BCUT2D eigenvalue weighted by Crippen LogP contribution is 2.40. The first-order valence-corrected chi connectivity index (χ1v) is 8.63. The number of nitrogens with one attached hydrogen (secondary N) is 1. The van der Waals surface area contributed by atoms with Gasteiger partial charge in [0.15, 0.2) is 0 Å². The minimum atomic E-state index is -0.632. The molecule has 0 spiro atoms. The predicted molar refractivity (Wildman–Crippen MR) is 95.7 cm³/mol. The Morgan fingerprint density at radius 3 is 2.58 bits per heavy atom. The molecular weight excluding hydrogens is 335 g/mol. The van der Waals surface area contributed by atoms with Crippen LogP contribution in [-0.4, -0.2) is 23.7 Å². The van der Waals surface area contributed by atoms with Gasteiger partial charge in [0.1, 0.15) is 18.2 Å². The van der Waals surface area contributed by atoms with E-state index >= 15 is 0 Å². The fourth-order valence-electron chi connectivity index (χ4n) is 3.15. The maximum Gasteiger partial charge on any atom is 0.227 e. The molecule has 3 rings (SSSR count). The van der Waals surface area contributed by atoms with Crippen LogP contribution in [0.5, 0.6) is 5.75 Å². The zero-order valence-corrected chi connectivity index (χ0v) is 14.5. The summed E-state index contributed by atoms with van der Waals surface area (Å²) in [6, 6.07) is 13.6. The van der Waals surface area contributed by atoms with Crippen LogP contribution in [0.2, 0.25) is 0 Å². The maximum absolute atomic E-state index is 13.1. The van der Waals surface area contributed by atoms with Crippen molar-refractivity contribution in [1.29, 1.82) is 0 Å². The third-order valence-electron chi connectivity index (χ3n) is 4.80. The van der Waals surface area contributed by atoms with Crippen LogP contribution in [0.15, 0.2) is 48.5 Å². The average Bonchev–Trinajstić information content (AvgIpc) is 2.62. The SMILES string of the molecule is NCC1(C(=O)NCc2ccc(OCc3cccc(F)c3)cc2)CC(O)C1. The number of benzene rings is 2. The standard InChI is InChI=1S/C20H23FN2O3/c21-16-3-1-2-15(8-16)12-26-18-6-4-14(5-7-18)11-23-19(25)20(13-22)9-17(24)10-20/h1-8,17,24H,9-13,22H2,(H,23,25). The molecule has 5 nitrogen and oxygen atoms in total. The molecule has 0 aliphatic heterocycles. The lowest BCUT2D eigenvalue weighted by atomic mass is 9.66. The lowest BCUT2D eigenvalue weighted by Gasteiger charge is -2.42. The van der Waals surface area contributed by atoms with Gasteiger partial charge < -0.3 is 20.9 Å². The van der Waals surface area contributed by atoms with Crippen LogP contribution in [0.4, 0.5) is 4.39 Å². The largest absolute Gasteiger partial charge is 0.489 e. The number of carbonyl (C=O) groups excluding carboxylic acids is 1. The number of aliphatic hydroxyl groups excluding tert-OH is 1. The first kappa shape index (κ1) is 18.4. The van der Waals surface area contributed by atoms with E-state index in [9.17, 15) is 14.3 Å². The van der Waals surface area contributed by atoms with E-state index in [0.717, 1.165) is 11.1 Å².